The van der Waals surface area contributed by atoms with Crippen LogP contribution in [0.15, 0.2) is 30.6 Å². The molecule has 9 heteroatoms. The highest BCUT2D eigenvalue weighted by Crippen LogP contribution is 2.31. The minimum atomic E-state index is -0.318. The summed E-state index contributed by atoms with van der Waals surface area (Å²) in [5, 5.41) is 10.7. The Labute approximate surface area is 181 Å². The van der Waals surface area contributed by atoms with Crippen LogP contribution in [0.25, 0.3) is 11.7 Å². The van der Waals surface area contributed by atoms with Gasteiger partial charge in [0, 0.05) is 43.0 Å². The van der Waals surface area contributed by atoms with Gasteiger partial charge >= 0.3 is 0 Å². The number of fused-ring (bicyclic) bond motifs is 1. The van der Waals surface area contributed by atoms with E-state index in [1.807, 2.05) is 32.2 Å². The van der Waals surface area contributed by atoms with E-state index in [0.29, 0.717) is 17.1 Å². The number of nitrogen functional groups attached to an aromatic ring is 1. The minimum Gasteiger partial charge on any atom is -0.405 e. The fourth-order valence-electron chi connectivity index (χ4n) is 3.94. The largest absolute Gasteiger partial charge is 0.405 e. The van der Waals surface area contributed by atoms with Crippen LogP contribution in [-0.4, -0.2) is 46.7 Å². The van der Waals surface area contributed by atoms with E-state index >= 15 is 0 Å². The average molecular weight is 421 g/mol. The number of amides is 1. The van der Waals surface area contributed by atoms with Crippen molar-refractivity contribution in [2.75, 3.05) is 42.1 Å². The molecule has 3 aromatic rings. The summed E-state index contributed by atoms with van der Waals surface area (Å²) in [5.74, 6) is 0.134. The Morgan fingerprint density at radius 3 is 2.81 bits per heavy atom. The lowest BCUT2D eigenvalue weighted by atomic mass is 10.0. The lowest BCUT2D eigenvalue weighted by Gasteiger charge is -2.31. The van der Waals surface area contributed by atoms with E-state index in [-0.39, 0.29) is 5.91 Å². The maximum atomic E-state index is 13.1. The van der Waals surface area contributed by atoms with Crippen molar-refractivity contribution >= 4 is 34.8 Å². The Hall–Kier alpha value is -3.59. The summed E-state index contributed by atoms with van der Waals surface area (Å²) in [6, 6.07) is 5.54. The number of nitrogens with zero attached hydrogens (tertiary/aromatic N) is 4. The average Bonchev–Trinajstić information content (AvgIpc) is 3.15. The number of nitrogens with one attached hydrogen (secondary N) is 2. The van der Waals surface area contributed by atoms with Gasteiger partial charge < -0.3 is 27.0 Å². The van der Waals surface area contributed by atoms with Crippen LogP contribution in [0.5, 0.6) is 0 Å². The first-order chi connectivity index (χ1) is 15.0. The molecule has 0 atom stereocenters. The van der Waals surface area contributed by atoms with Gasteiger partial charge in [-0.25, -0.2) is 9.50 Å². The molecular formula is C22H28N8O. The second-order valence-corrected chi connectivity index (χ2v) is 7.57. The zero-order chi connectivity index (χ0) is 22.0. The van der Waals surface area contributed by atoms with Crippen LogP contribution in [0.1, 0.15) is 34.1 Å². The summed E-state index contributed by atoms with van der Waals surface area (Å²) in [6.45, 7) is 7.49. The number of piperazine rings is 1. The number of rotatable bonds is 5. The summed E-state index contributed by atoms with van der Waals surface area (Å²) in [5.41, 5.74) is 17.3. The molecule has 0 saturated carbocycles. The quantitative estimate of drug-likeness (QED) is 0.463. The lowest BCUT2D eigenvalue weighted by Crippen LogP contribution is -2.43. The predicted molar refractivity (Wildman–Crippen MR) is 124 cm³/mol. The van der Waals surface area contributed by atoms with Crippen molar-refractivity contribution in [3.8, 4) is 0 Å². The lowest BCUT2D eigenvalue weighted by molar-refractivity contribution is 0.102. The van der Waals surface area contributed by atoms with Crippen molar-refractivity contribution in [3.63, 3.8) is 0 Å². The molecule has 2 aromatic heterocycles. The van der Waals surface area contributed by atoms with E-state index in [1.165, 1.54) is 6.20 Å². The number of nitrogens with two attached hydrogens (primary N) is 2. The highest BCUT2D eigenvalue weighted by atomic mass is 16.1. The van der Waals surface area contributed by atoms with Crippen LogP contribution in [0.3, 0.4) is 0 Å². The van der Waals surface area contributed by atoms with Gasteiger partial charge in [0.2, 0.25) is 0 Å². The third-order valence-electron chi connectivity index (χ3n) is 5.47. The van der Waals surface area contributed by atoms with Crippen LogP contribution in [0, 0.1) is 6.92 Å². The van der Waals surface area contributed by atoms with Gasteiger partial charge in [-0.15, -0.1) is 5.10 Å². The molecule has 0 spiro atoms. The molecule has 6 N–H and O–H groups in total. The van der Waals surface area contributed by atoms with E-state index in [4.69, 9.17) is 11.5 Å². The Kier molecular flexibility index (Phi) is 5.77. The number of aromatic nitrogens is 3. The number of hydrogen-bond acceptors (Lipinski definition) is 7. The van der Waals surface area contributed by atoms with Crippen molar-refractivity contribution < 1.29 is 4.79 Å². The summed E-state index contributed by atoms with van der Waals surface area (Å²) < 4.78 is 1.70. The molecule has 1 aromatic carbocycles. The highest BCUT2D eigenvalue weighted by molar-refractivity contribution is 6.09. The van der Waals surface area contributed by atoms with Crippen LogP contribution in [0.4, 0.5) is 17.2 Å². The molecule has 1 fully saturated rings. The second-order valence-electron chi connectivity index (χ2n) is 7.57. The van der Waals surface area contributed by atoms with Crippen molar-refractivity contribution in [2.45, 2.75) is 20.3 Å². The number of aryl methyl sites for hydroxylation is 2. The zero-order valence-electron chi connectivity index (χ0n) is 17.9. The fraction of sp³-hybridized carbons (Fsp3) is 0.318. The van der Waals surface area contributed by atoms with E-state index in [9.17, 15) is 4.79 Å². The number of carbonyl (C=O) groups excluding carboxylic acids is 1. The monoisotopic (exact) mass is 420 g/mol. The maximum Gasteiger partial charge on any atom is 0.258 e. The number of benzene rings is 1. The molecule has 162 valence electrons. The molecular weight excluding hydrogens is 392 g/mol. The van der Waals surface area contributed by atoms with Gasteiger partial charge in [-0.05, 0) is 43.8 Å². The van der Waals surface area contributed by atoms with E-state index in [1.54, 1.807) is 16.7 Å². The third-order valence-corrected chi connectivity index (χ3v) is 5.47. The molecule has 0 bridgehead atoms. The first-order valence-corrected chi connectivity index (χ1v) is 10.5. The minimum absolute atomic E-state index is 0.318. The molecule has 0 aliphatic carbocycles. The topological polar surface area (TPSA) is 127 Å². The van der Waals surface area contributed by atoms with Crippen LogP contribution in [-0.2, 0) is 6.42 Å². The number of carbonyl (C=O) groups is 1. The third kappa shape index (κ3) is 4.04. The molecule has 0 radical (unpaired) electrons. The van der Waals surface area contributed by atoms with Gasteiger partial charge in [0.25, 0.3) is 5.91 Å². The molecule has 4 rings (SSSR count). The molecule has 1 amide bonds. The van der Waals surface area contributed by atoms with Gasteiger partial charge in [-0.2, -0.15) is 0 Å². The number of imidazole rings is 1. The highest BCUT2D eigenvalue weighted by Gasteiger charge is 2.20. The smallest absolute Gasteiger partial charge is 0.258 e. The van der Waals surface area contributed by atoms with Crippen molar-refractivity contribution in [2.24, 2.45) is 5.73 Å². The summed E-state index contributed by atoms with van der Waals surface area (Å²) in [4.78, 5) is 19.8. The fourth-order valence-corrected chi connectivity index (χ4v) is 3.94. The Morgan fingerprint density at radius 1 is 1.32 bits per heavy atom. The first kappa shape index (κ1) is 20.7. The molecule has 3 heterocycles. The van der Waals surface area contributed by atoms with Gasteiger partial charge in [0.15, 0.2) is 11.5 Å². The van der Waals surface area contributed by atoms with E-state index in [0.717, 1.165) is 60.8 Å². The predicted octanol–water partition coefficient (Wildman–Crippen LogP) is 1.77. The SMILES string of the molecule is CCc1cc(NC(=O)c2ccc(N3CCNCC3)c(/C=C\N)c2N)nn2cc(C)nc12. The van der Waals surface area contributed by atoms with Crippen LogP contribution >= 0.6 is 0 Å². The second kappa shape index (κ2) is 8.65. The Morgan fingerprint density at radius 2 is 2.10 bits per heavy atom. The standard InChI is InChI=1S/C22H28N8O/c1-3-15-12-19(28-30-13-14(2)26-21(15)30)27-22(31)17-4-5-18(16(6-7-23)20(17)24)29-10-8-25-9-11-29/h4-7,12-13,25H,3,8-11,23-24H2,1-2H3,(H,27,28,31)/b7-6-. The molecule has 31 heavy (non-hydrogen) atoms. The summed E-state index contributed by atoms with van der Waals surface area (Å²) >= 11 is 0. The van der Waals surface area contributed by atoms with Gasteiger partial charge in [0.05, 0.1) is 23.1 Å². The van der Waals surface area contributed by atoms with Gasteiger partial charge in [0.1, 0.15) is 0 Å². The van der Waals surface area contributed by atoms with E-state index in [2.05, 4.69) is 25.6 Å². The Balaban J connectivity index is 1.67. The first-order valence-electron chi connectivity index (χ1n) is 10.5. The van der Waals surface area contributed by atoms with Crippen molar-refractivity contribution in [1.82, 2.24) is 19.9 Å². The maximum absolute atomic E-state index is 13.1. The number of anilines is 3. The molecule has 0 unspecified atom stereocenters. The molecule has 9 nitrogen and oxygen atoms in total. The van der Waals surface area contributed by atoms with Gasteiger partial charge in [-0.3, -0.25) is 4.79 Å². The van der Waals surface area contributed by atoms with Crippen LogP contribution in [0.2, 0.25) is 0 Å². The normalized spacial score (nSPS) is 14.5. The molecule has 1 aliphatic rings. The van der Waals surface area contributed by atoms with Gasteiger partial charge in [-0.1, -0.05) is 6.92 Å². The van der Waals surface area contributed by atoms with E-state index < -0.39 is 0 Å². The number of hydrogen-bond donors (Lipinski definition) is 4. The molecule has 1 saturated heterocycles. The summed E-state index contributed by atoms with van der Waals surface area (Å²) in [7, 11) is 0. The van der Waals surface area contributed by atoms with Crippen molar-refractivity contribution in [1.29, 1.82) is 0 Å². The Bertz CT molecular complexity index is 1140. The summed E-state index contributed by atoms with van der Waals surface area (Å²) in [6.07, 6.45) is 5.81. The molecule has 1 aliphatic heterocycles. The van der Waals surface area contributed by atoms with Crippen LogP contribution < -0.4 is 27.0 Å². The van der Waals surface area contributed by atoms with Crippen molar-refractivity contribution in [3.05, 3.63) is 53.0 Å². The zero-order valence-corrected chi connectivity index (χ0v) is 17.9.